The molecule has 0 unspecified atom stereocenters. The van der Waals surface area contributed by atoms with Crippen molar-refractivity contribution in [2.75, 3.05) is 38.2 Å². The van der Waals surface area contributed by atoms with Gasteiger partial charge in [0.05, 0.1) is 18.7 Å². The number of ether oxygens (including phenoxy) is 1. The minimum absolute atomic E-state index is 0.287. The van der Waals surface area contributed by atoms with Gasteiger partial charge in [-0.1, -0.05) is 50.8 Å². The summed E-state index contributed by atoms with van der Waals surface area (Å²) in [6, 6.07) is 6.09. The summed E-state index contributed by atoms with van der Waals surface area (Å²) in [5.74, 6) is 0.804. The zero-order chi connectivity index (χ0) is 24.2. The predicted octanol–water partition coefficient (Wildman–Crippen LogP) is 5.81. The van der Waals surface area contributed by atoms with Crippen LogP contribution >= 0.6 is 0 Å². The Hall–Kier alpha value is -3.48. The largest absolute Gasteiger partial charge is 0.508 e. The van der Waals surface area contributed by atoms with Gasteiger partial charge in [-0.3, -0.25) is 0 Å². The molecule has 0 bridgehead atoms. The van der Waals surface area contributed by atoms with Gasteiger partial charge in [0.1, 0.15) is 5.76 Å². The minimum Gasteiger partial charge on any atom is -0.508 e. The molecule has 1 aliphatic rings. The number of fused-ring (bicyclic) bond motifs is 1. The van der Waals surface area contributed by atoms with Gasteiger partial charge in [0.2, 0.25) is 5.95 Å². The van der Waals surface area contributed by atoms with E-state index in [1.54, 1.807) is 18.2 Å². The van der Waals surface area contributed by atoms with Crippen LogP contribution in [0.25, 0.3) is 16.5 Å². The van der Waals surface area contributed by atoms with Crippen LogP contribution in [-0.2, 0) is 4.74 Å². The lowest BCUT2D eigenvalue weighted by Gasteiger charge is -2.17. The van der Waals surface area contributed by atoms with Gasteiger partial charge >= 0.3 is 0 Å². The summed E-state index contributed by atoms with van der Waals surface area (Å²) < 4.78 is 5.71. The third kappa shape index (κ3) is 7.54. The Kier molecular flexibility index (Phi) is 9.82. The van der Waals surface area contributed by atoms with Gasteiger partial charge < -0.3 is 20.1 Å². The third-order valence-electron chi connectivity index (χ3n) is 5.52. The quantitative estimate of drug-likeness (QED) is 0.309. The number of hydrogen-bond acceptors (Lipinski definition) is 6. The van der Waals surface area contributed by atoms with E-state index in [4.69, 9.17) is 4.74 Å². The van der Waals surface area contributed by atoms with Gasteiger partial charge in [-0.05, 0) is 67.1 Å². The van der Waals surface area contributed by atoms with Crippen molar-refractivity contribution < 1.29 is 9.84 Å². The Labute approximate surface area is 202 Å². The standard InChI is InChI=1S/C28H34N4O2/c1-4-9-25(11-8-18-34-19-17-32(5-2)6-3)30-28-29-21-24-20-23(14-16-27(24)31-28)22-10-7-12-26(33)15-13-22/h4,8-16,20-21,33H,1,5-7,17-19H2,2-3H3,(H,29,30,31)/b11-8-,25-9+. The minimum atomic E-state index is 0.287. The molecule has 1 aromatic carbocycles. The Balaban J connectivity index is 1.62. The fraction of sp³-hybridized carbons (Fsp3) is 0.286. The zero-order valence-electron chi connectivity index (χ0n) is 20.1. The van der Waals surface area contributed by atoms with Crippen LogP contribution in [-0.4, -0.2) is 52.8 Å². The Morgan fingerprint density at radius 2 is 2.09 bits per heavy atom. The fourth-order valence-electron chi connectivity index (χ4n) is 3.56. The molecule has 34 heavy (non-hydrogen) atoms. The molecule has 2 aromatic rings. The smallest absolute Gasteiger partial charge is 0.227 e. The maximum absolute atomic E-state index is 9.69. The first-order chi connectivity index (χ1) is 16.6. The number of allylic oxidation sites excluding steroid dienone is 8. The van der Waals surface area contributed by atoms with Crippen LogP contribution in [0, 0.1) is 0 Å². The topological polar surface area (TPSA) is 70.5 Å². The van der Waals surface area contributed by atoms with Crippen molar-refractivity contribution in [3.63, 3.8) is 0 Å². The first-order valence-electron chi connectivity index (χ1n) is 11.7. The van der Waals surface area contributed by atoms with Crippen molar-refractivity contribution in [2.24, 2.45) is 0 Å². The molecule has 1 aliphatic carbocycles. The Morgan fingerprint density at radius 3 is 2.88 bits per heavy atom. The molecule has 0 saturated carbocycles. The van der Waals surface area contributed by atoms with Crippen molar-refractivity contribution >= 4 is 22.4 Å². The summed E-state index contributed by atoms with van der Waals surface area (Å²) in [5, 5.41) is 13.9. The number of hydrogen-bond donors (Lipinski definition) is 2. The molecule has 0 radical (unpaired) electrons. The molecule has 178 valence electrons. The van der Waals surface area contributed by atoms with Gasteiger partial charge in [0.25, 0.3) is 0 Å². The molecule has 0 fully saturated rings. The van der Waals surface area contributed by atoms with Crippen molar-refractivity contribution in [1.82, 2.24) is 14.9 Å². The summed E-state index contributed by atoms with van der Waals surface area (Å²) in [6.07, 6.45) is 17.5. The van der Waals surface area contributed by atoms with E-state index in [9.17, 15) is 5.11 Å². The summed E-state index contributed by atoms with van der Waals surface area (Å²) in [6.45, 7) is 12.4. The van der Waals surface area contributed by atoms with E-state index < -0.39 is 0 Å². The molecule has 0 spiro atoms. The molecule has 3 rings (SSSR count). The first-order valence-corrected chi connectivity index (χ1v) is 11.7. The van der Waals surface area contributed by atoms with Crippen molar-refractivity contribution in [2.45, 2.75) is 20.3 Å². The second-order valence-electron chi connectivity index (χ2n) is 7.81. The fourth-order valence-corrected chi connectivity index (χ4v) is 3.56. The summed E-state index contributed by atoms with van der Waals surface area (Å²) >= 11 is 0. The highest BCUT2D eigenvalue weighted by Gasteiger charge is 2.06. The lowest BCUT2D eigenvalue weighted by molar-refractivity contribution is 0.128. The normalized spacial score (nSPS) is 14.4. The zero-order valence-corrected chi connectivity index (χ0v) is 20.1. The second-order valence-corrected chi connectivity index (χ2v) is 7.81. The van der Waals surface area contributed by atoms with E-state index >= 15 is 0 Å². The Morgan fingerprint density at radius 1 is 1.24 bits per heavy atom. The molecule has 6 heteroatoms. The third-order valence-corrected chi connectivity index (χ3v) is 5.52. The molecular weight excluding hydrogens is 424 g/mol. The number of likely N-dealkylation sites (N-methyl/N-ethyl adjacent to an activating group) is 1. The first kappa shape index (κ1) is 25.1. The van der Waals surface area contributed by atoms with Gasteiger partial charge in [-0.25, -0.2) is 9.97 Å². The van der Waals surface area contributed by atoms with E-state index in [1.165, 1.54) is 0 Å². The van der Waals surface area contributed by atoms with Crippen LogP contribution in [0.3, 0.4) is 0 Å². The highest BCUT2D eigenvalue weighted by atomic mass is 16.5. The molecule has 0 amide bonds. The van der Waals surface area contributed by atoms with Crippen molar-refractivity contribution in [1.29, 1.82) is 0 Å². The molecule has 1 aromatic heterocycles. The summed E-state index contributed by atoms with van der Waals surface area (Å²) in [4.78, 5) is 11.5. The van der Waals surface area contributed by atoms with Gasteiger partial charge in [-0.15, -0.1) is 0 Å². The SMILES string of the molecule is C=C/C=C(\C=C/COCCN(CC)CC)Nc1ncc2cc(C3=CCC=C(O)C=C3)ccc2n1. The van der Waals surface area contributed by atoms with Crippen LogP contribution in [0.4, 0.5) is 5.95 Å². The maximum atomic E-state index is 9.69. The van der Waals surface area contributed by atoms with Crippen LogP contribution < -0.4 is 5.32 Å². The van der Waals surface area contributed by atoms with E-state index in [2.05, 4.69) is 52.8 Å². The van der Waals surface area contributed by atoms with E-state index in [-0.39, 0.29) is 5.76 Å². The number of aliphatic hydroxyl groups is 1. The maximum Gasteiger partial charge on any atom is 0.227 e. The molecular formula is C28H34N4O2. The molecule has 6 nitrogen and oxygen atoms in total. The van der Waals surface area contributed by atoms with Gasteiger partial charge in [0, 0.05) is 23.8 Å². The molecule has 2 N–H and O–H groups in total. The number of nitrogens with one attached hydrogen (secondary N) is 1. The van der Waals surface area contributed by atoms with E-state index in [1.807, 2.05) is 42.6 Å². The van der Waals surface area contributed by atoms with Crippen molar-refractivity contribution in [3.05, 3.63) is 96.6 Å². The number of anilines is 1. The number of nitrogens with zero attached hydrogens (tertiary/aromatic N) is 3. The monoisotopic (exact) mass is 458 g/mol. The van der Waals surface area contributed by atoms with Crippen molar-refractivity contribution in [3.8, 4) is 0 Å². The van der Waals surface area contributed by atoms with E-state index in [0.29, 0.717) is 25.6 Å². The van der Waals surface area contributed by atoms with Gasteiger partial charge in [0.15, 0.2) is 0 Å². The number of benzene rings is 1. The predicted molar refractivity (Wildman–Crippen MR) is 142 cm³/mol. The average Bonchev–Trinajstić information content (AvgIpc) is 3.07. The number of aromatic nitrogens is 2. The van der Waals surface area contributed by atoms with Gasteiger partial charge in [-0.2, -0.15) is 0 Å². The van der Waals surface area contributed by atoms with E-state index in [0.717, 1.165) is 47.4 Å². The average molecular weight is 459 g/mol. The molecule has 0 saturated heterocycles. The lowest BCUT2D eigenvalue weighted by Crippen LogP contribution is -2.27. The van der Waals surface area contributed by atoms with Crippen LogP contribution in [0.1, 0.15) is 25.8 Å². The number of rotatable bonds is 12. The number of aliphatic hydroxyl groups excluding tert-OH is 1. The summed E-state index contributed by atoms with van der Waals surface area (Å²) in [5.41, 5.74) is 3.80. The van der Waals surface area contributed by atoms with Crippen LogP contribution in [0.5, 0.6) is 0 Å². The lowest BCUT2D eigenvalue weighted by atomic mass is 10.0. The molecule has 0 atom stereocenters. The highest BCUT2D eigenvalue weighted by Crippen LogP contribution is 2.24. The molecule has 0 aliphatic heterocycles. The molecule has 1 heterocycles. The van der Waals surface area contributed by atoms with Crippen LogP contribution in [0.2, 0.25) is 0 Å². The second kappa shape index (κ2) is 13.3. The summed E-state index contributed by atoms with van der Waals surface area (Å²) in [7, 11) is 0. The Bertz CT molecular complexity index is 1120. The highest BCUT2D eigenvalue weighted by molar-refractivity contribution is 5.86. The van der Waals surface area contributed by atoms with Crippen LogP contribution in [0.15, 0.2) is 91.0 Å².